The fourth-order valence-electron chi connectivity index (χ4n) is 3.89. The highest BCUT2D eigenvalue weighted by molar-refractivity contribution is 14.1. The Bertz CT molecular complexity index is 1330. The van der Waals surface area contributed by atoms with E-state index in [1.165, 1.54) is 13.3 Å². The second-order valence-corrected chi connectivity index (χ2v) is 9.49. The lowest BCUT2D eigenvalue weighted by atomic mass is 9.95. The number of carbonyl (C=O) groups is 3. The summed E-state index contributed by atoms with van der Waals surface area (Å²) in [5, 5.41) is 9.33. The van der Waals surface area contributed by atoms with E-state index >= 15 is 0 Å². The third kappa shape index (κ3) is 7.55. The van der Waals surface area contributed by atoms with E-state index in [1.807, 2.05) is 19.1 Å². The van der Waals surface area contributed by atoms with Crippen molar-refractivity contribution in [3.05, 3.63) is 56.3 Å². The van der Waals surface area contributed by atoms with Crippen molar-refractivity contribution in [3.8, 4) is 23.0 Å². The van der Waals surface area contributed by atoms with Crippen molar-refractivity contribution < 1.29 is 38.1 Å². The first kappa shape index (κ1) is 30.5. The average molecular weight is 666 g/mol. The van der Waals surface area contributed by atoms with Gasteiger partial charge in [-0.1, -0.05) is 6.07 Å². The van der Waals surface area contributed by atoms with Crippen molar-refractivity contribution in [1.82, 2.24) is 16.1 Å². The van der Waals surface area contributed by atoms with E-state index in [4.69, 9.17) is 23.7 Å². The molecule has 13 heteroatoms. The van der Waals surface area contributed by atoms with E-state index in [0.717, 1.165) is 3.57 Å². The zero-order valence-corrected chi connectivity index (χ0v) is 24.9. The van der Waals surface area contributed by atoms with E-state index in [9.17, 15) is 14.4 Å². The molecule has 3 rings (SSSR count). The number of hydrazone groups is 1. The number of allylic oxidation sites excluding steroid dienone is 1. The van der Waals surface area contributed by atoms with Gasteiger partial charge in [0.05, 0.1) is 45.3 Å². The highest BCUT2D eigenvalue weighted by Gasteiger charge is 2.32. The molecule has 40 heavy (non-hydrogen) atoms. The molecule has 2 aromatic carbocycles. The SMILES string of the molecule is CCOC(=O)C1=C(C)NC(=O)N[C@@H]1c1ccc(OCC(=O)N/N=C/c2cc(I)cc(OC)c2OCC)c(OC)c1. The fourth-order valence-corrected chi connectivity index (χ4v) is 4.51. The highest BCUT2D eigenvalue weighted by atomic mass is 127. The van der Waals surface area contributed by atoms with Crippen molar-refractivity contribution in [2.45, 2.75) is 26.8 Å². The molecule has 0 saturated carbocycles. The molecule has 0 saturated heterocycles. The molecular weight excluding hydrogens is 635 g/mol. The smallest absolute Gasteiger partial charge is 0.338 e. The van der Waals surface area contributed by atoms with Crippen molar-refractivity contribution >= 4 is 46.7 Å². The number of nitrogens with one attached hydrogen (secondary N) is 3. The summed E-state index contributed by atoms with van der Waals surface area (Å²) in [4.78, 5) is 37.1. The molecular formula is C27H31IN4O8. The Balaban J connectivity index is 1.71. The lowest BCUT2D eigenvalue weighted by Crippen LogP contribution is -2.45. The van der Waals surface area contributed by atoms with Crippen LogP contribution in [0, 0.1) is 3.57 Å². The van der Waals surface area contributed by atoms with Crippen LogP contribution in [0.1, 0.15) is 37.9 Å². The molecule has 3 amide bonds. The van der Waals surface area contributed by atoms with Gasteiger partial charge in [-0.3, -0.25) is 4.79 Å². The van der Waals surface area contributed by atoms with Crippen molar-refractivity contribution in [2.75, 3.05) is 34.0 Å². The van der Waals surface area contributed by atoms with Gasteiger partial charge in [-0.05, 0) is 73.2 Å². The summed E-state index contributed by atoms with van der Waals surface area (Å²) < 4.78 is 28.2. The van der Waals surface area contributed by atoms with E-state index in [2.05, 4.69) is 43.8 Å². The first-order valence-electron chi connectivity index (χ1n) is 12.3. The lowest BCUT2D eigenvalue weighted by Gasteiger charge is -2.28. The molecule has 1 atom stereocenters. The van der Waals surface area contributed by atoms with Gasteiger partial charge in [-0.25, -0.2) is 15.0 Å². The van der Waals surface area contributed by atoms with Gasteiger partial charge in [-0.15, -0.1) is 0 Å². The molecule has 214 valence electrons. The minimum absolute atomic E-state index is 0.186. The van der Waals surface area contributed by atoms with Crippen LogP contribution in [-0.2, 0) is 14.3 Å². The number of hydrogen-bond donors (Lipinski definition) is 3. The molecule has 1 heterocycles. The second kappa shape index (κ2) is 14.4. The topological polar surface area (TPSA) is 146 Å². The van der Waals surface area contributed by atoms with Gasteiger partial charge in [0.1, 0.15) is 0 Å². The number of halogens is 1. The third-order valence-electron chi connectivity index (χ3n) is 5.59. The van der Waals surface area contributed by atoms with E-state index in [1.54, 1.807) is 39.2 Å². The Hall–Kier alpha value is -4.01. The van der Waals surface area contributed by atoms with Crippen molar-refractivity contribution in [3.63, 3.8) is 0 Å². The normalized spacial score (nSPS) is 14.8. The summed E-state index contributed by atoms with van der Waals surface area (Å²) in [7, 11) is 2.99. The maximum Gasteiger partial charge on any atom is 0.338 e. The molecule has 2 aromatic rings. The molecule has 12 nitrogen and oxygen atoms in total. The zero-order valence-electron chi connectivity index (χ0n) is 22.8. The number of methoxy groups -OCH3 is 2. The number of carbonyl (C=O) groups excluding carboxylic acids is 3. The van der Waals surface area contributed by atoms with Crippen molar-refractivity contribution in [1.29, 1.82) is 0 Å². The molecule has 1 aliphatic rings. The van der Waals surface area contributed by atoms with Crippen LogP contribution in [0.5, 0.6) is 23.0 Å². The van der Waals surface area contributed by atoms with Gasteiger partial charge in [-0.2, -0.15) is 5.10 Å². The molecule has 3 N–H and O–H groups in total. The number of urea groups is 1. The van der Waals surface area contributed by atoms with Crippen LogP contribution < -0.4 is 35.0 Å². The van der Waals surface area contributed by atoms with Crippen LogP contribution in [0.3, 0.4) is 0 Å². The minimum atomic E-state index is -0.769. The standard InChI is InChI=1S/C27H31IN4O8/c1-6-38-25-17(10-18(28)12-21(25)37-5)13-29-32-22(33)14-40-19-9-8-16(11-20(19)36-4)24-23(26(34)39-7-2)15(3)30-27(35)31-24/h8-13,24H,6-7,14H2,1-5H3,(H,32,33)(H2,30,31,35)/b29-13+/t24-/m1/s1. The molecule has 0 bridgehead atoms. The van der Waals surface area contributed by atoms with Gasteiger partial charge in [0.2, 0.25) is 0 Å². The summed E-state index contributed by atoms with van der Waals surface area (Å²) >= 11 is 2.15. The number of benzene rings is 2. The minimum Gasteiger partial charge on any atom is -0.493 e. The van der Waals surface area contributed by atoms with E-state index in [-0.39, 0.29) is 24.5 Å². The zero-order chi connectivity index (χ0) is 29.2. The quantitative estimate of drug-likeness (QED) is 0.135. The summed E-state index contributed by atoms with van der Waals surface area (Å²) in [5.41, 5.74) is 4.29. The number of nitrogens with zero attached hydrogens (tertiary/aromatic N) is 1. The second-order valence-electron chi connectivity index (χ2n) is 8.24. The lowest BCUT2D eigenvalue weighted by molar-refractivity contribution is -0.139. The summed E-state index contributed by atoms with van der Waals surface area (Å²) in [6.07, 6.45) is 1.47. The fraction of sp³-hybridized carbons (Fsp3) is 0.333. The molecule has 0 aromatic heterocycles. The Morgan fingerprint density at radius 1 is 1.05 bits per heavy atom. The van der Waals surface area contributed by atoms with Crippen LogP contribution in [0.15, 0.2) is 46.7 Å². The van der Waals surface area contributed by atoms with Crippen LogP contribution in [-0.4, -0.2) is 58.2 Å². The largest absolute Gasteiger partial charge is 0.493 e. The van der Waals surface area contributed by atoms with Crippen LogP contribution in [0.25, 0.3) is 0 Å². The monoisotopic (exact) mass is 666 g/mol. The Morgan fingerprint density at radius 2 is 1.80 bits per heavy atom. The van der Waals surface area contributed by atoms with Gasteiger partial charge in [0.25, 0.3) is 5.91 Å². The van der Waals surface area contributed by atoms with Gasteiger partial charge >= 0.3 is 12.0 Å². The first-order chi connectivity index (χ1) is 19.2. The van der Waals surface area contributed by atoms with E-state index < -0.39 is 23.9 Å². The Kier molecular flexibility index (Phi) is 11.0. The number of hydrogen-bond acceptors (Lipinski definition) is 9. The molecule has 1 aliphatic heterocycles. The van der Waals surface area contributed by atoms with Gasteiger partial charge in [0, 0.05) is 14.8 Å². The number of amides is 3. The number of rotatable bonds is 12. The van der Waals surface area contributed by atoms with Gasteiger partial charge < -0.3 is 34.3 Å². The Morgan fingerprint density at radius 3 is 2.48 bits per heavy atom. The predicted octanol–water partition coefficient (Wildman–Crippen LogP) is 3.43. The predicted molar refractivity (Wildman–Crippen MR) is 155 cm³/mol. The average Bonchev–Trinajstić information content (AvgIpc) is 2.92. The number of ether oxygens (including phenoxy) is 5. The number of esters is 1. The van der Waals surface area contributed by atoms with E-state index in [0.29, 0.717) is 40.7 Å². The summed E-state index contributed by atoms with van der Waals surface area (Å²) in [6.45, 7) is 5.45. The molecule has 0 unspecified atom stereocenters. The molecule has 0 fully saturated rings. The molecule has 0 spiro atoms. The highest BCUT2D eigenvalue weighted by Crippen LogP contribution is 2.35. The maximum absolute atomic E-state index is 12.6. The third-order valence-corrected chi connectivity index (χ3v) is 6.22. The van der Waals surface area contributed by atoms with Crippen LogP contribution >= 0.6 is 22.6 Å². The first-order valence-corrected chi connectivity index (χ1v) is 13.4. The summed E-state index contributed by atoms with van der Waals surface area (Å²) in [5.74, 6) is 0.604. The molecule has 0 aliphatic carbocycles. The van der Waals surface area contributed by atoms with Crippen LogP contribution in [0.4, 0.5) is 4.79 Å². The molecule has 0 radical (unpaired) electrons. The maximum atomic E-state index is 12.6. The van der Waals surface area contributed by atoms with Gasteiger partial charge in [0.15, 0.2) is 29.6 Å². The van der Waals surface area contributed by atoms with Crippen molar-refractivity contribution in [2.24, 2.45) is 5.10 Å². The summed E-state index contributed by atoms with van der Waals surface area (Å²) in [6, 6.07) is 7.33. The Labute approximate surface area is 245 Å². The van der Waals surface area contributed by atoms with Crippen LogP contribution in [0.2, 0.25) is 0 Å².